The third kappa shape index (κ3) is 3.12. The van der Waals surface area contributed by atoms with E-state index in [0.717, 1.165) is 15.6 Å². The zero-order chi connectivity index (χ0) is 14.8. The van der Waals surface area contributed by atoms with E-state index in [-0.39, 0.29) is 0 Å². The fraction of sp³-hybridized carbons (Fsp3) is 0.0667. The van der Waals surface area contributed by atoms with Crippen LogP contribution >= 0.6 is 39.1 Å². The fourth-order valence-corrected chi connectivity index (χ4v) is 2.51. The van der Waals surface area contributed by atoms with E-state index in [9.17, 15) is 0 Å². The molecule has 0 spiro atoms. The lowest BCUT2D eigenvalue weighted by Crippen LogP contribution is -1.92. The number of hydrogen-bond acceptors (Lipinski definition) is 3. The maximum atomic E-state index is 6.36. The summed E-state index contributed by atoms with van der Waals surface area (Å²) in [5.74, 6) is 0.748. The summed E-state index contributed by atoms with van der Waals surface area (Å²) in [6.07, 6.45) is 0. The second kappa shape index (κ2) is 6.18. The Hall–Kier alpha value is -1.36. The maximum absolute atomic E-state index is 6.36. The molecule has 0 saturated heterocycles. The van der Waals surface area contributed by atoms with Gasteiger partial charge in [-0.25, -0.2) is 0 Å². The molecule has 2 aromatic carbocycles. The highest BCUT2D eigenvalue weighted by molar-refractivity contribution is 9.10. The van der Waals surface area contributed by atoms with Gasteiger partial charge in [-0.1, -0.05) is 41.9 Å². The monoisotopic (exact) mass is 382 g/mol. The molecule has 0 aliphatic heterocycles. The van der Waals surface area contributed by atoms with Crippen molar-refractivity contribution in [1.29, 1.82) is 0 Å². The topological polar surface area (TPSA) is 38.9 Å². The van der Waals surface area contributed by atoms with Gasteiger partial charge in [0.1, 0.15) is 5.38 Å². The molecule has 1 unspecified atom stereocenters. The standard InChI is InChI=1S/C15H9BrCl2N2O/c16-11-7-6-10(8-12(11)17)14-19-20-15(21-14)13(18)9-4-2-1-3-5-9/h1-8,13H. The summed E-state index contributed by atoms with van der Waals surface area (Å²) in [4.78, 5) is 0. The van der Waals surface area contributed by atoms with E-state index in [1.54, 1.807) is 6.07 Å². The number of benzene rings is 2. The highest BCUT2D eigenvalue weighted by atomic mass is 79.9. The molecule has 1 atom stereocenters. The van der Waals surface area contributed by atoms with Crippen molar-refractivity contribution < 1.29 is 4.42 Å². The van der Waals surface area contributed by atoms with Crippen LogP contribution in [-0.2, 0) is 0 Å². The molecule has 0 aliphatic rings. The number of rotatable bonds is 3. The van der Waals surface area contributed by atoms with Crippen LogP contribution in [0, 0.1) is 0 Å². The molecule has 1 aromatic heterocycles. The molecular formula is C15H9BrCl2N2O. The molecule has 21 heavy (non-hydrogen) atoms. The molecule has 0 amide bonds. The summed E-state index contributed by atoms with van der Waals surface area (Å²) in [5.41, 5.74) is 1.65. The second-order valence-electron chi connectivity index (χ2n) is 4.35. The molecule has 3 nitrogen and oxygen atoms in total. The van der Waals surface area contributed by atoms with E-state index in [2.05, 4.69) is 26.1 Å². The van der Waals surface area contributed by atoms with Gasteiger partial charge < -0.3 is 4.42 Å². The quantitative estimate of drug-likeness (QED) is 0.562. The molecule has 0 radical (unpaired) electrons. The molecule has 0 saturated carbocycles. The molecule has 6 heteroatoms. The van der Waals surface area contributed by atoms with Gasteiger partial charge in [-0.15, -0.1) is 21.8 Å². The molecule has 0 aliphatic carbocycles. The van der Waals surface area contributed by atoms with Crippen molar-refractivity contribution in [2.75, 3.05) is 0 Å². The van der Waals surface area contributed by atoms with Crippen molar-refractivity contribution in [1.82, 2.24) is 10.2 Å². The Morgan fingerprint density at radius 2 is 1.81 bits per heavy atom. The van der Waals surface area contributed by atoms with Gasteiger partial charge in [0, 0.05) is 10.0 Å². The normalized spacial score (nSPS) is 12.3. The number of halogens is 3. The lowest BCUT2D eigenvalue weighted by molar-refractivity contribution is 0.513. The minimum absolute atomic E-state index is 0.358. The summed E-state index contributed by atoms with van der Waals surface area (Å²) in [7, 11) is 0. The first-order chi connectivity index (χ1) is 10.1. The van der Waals surface area contributed by atoms with E-state index < -0.39 is 5.38 Å². The highest BCUT2D eigenvalue weighted by Crippen LogP contribution is 2.32. The third-order valence-electron chi connectivity index (χ3n) is 2.92. The first kappa shape index (κ1) is 14.6. The van der Waals surface area contributed by atoms with Crippen LogP contribution in [0.1, 0.15) is 16.8 Å². The van der Waals surface area contributed by atoms with Crippen LogP contribution in [0.25, 0.3) is 11.5 Å². The second-order valence-corrected chi connectivity index (χ2v) is 6.05. The van der Waals surface area contributed by atoms with Gasteiger partial charge in [0.25, 0.3) is 0 Å². The minimum Gasteiger partial charge on any atom is -0.419 e. The van der Waals surface area contributed by atoms with Crippen molar-refractivity contribution in [3.05, 3.63) is 69.5 Å². The average molecular weight is 384 g/mol. The molecule has 0 fully saturated rings. The Balaban J connectivity index is 1.91. The Kier molecular flexibility index (Phi) is 4.29. The smallest absolute Gasteiger partial charge is 0.247 e. The number of aromatic nitrogens is 2. The van der Waals surface area contributed by atoms with E-state index in [0.29, 0.717) is 16.8 Å². The summed E-state index contributed by atoms with van der Waals surface area (Å²) in [6, 6.07) is 15.0. The lowest BCUT2D eigenvalue weighted by atomic mass is 10.1. The first-order valence-electron chi connectivity index (χ1n) is 6.13. The largest absolute Gasteiger partial charge is 0.419 e. The van der Waals surface area contributed by atoms with Crippen LogP contribution < -0.4 is 0 Å². The Labute approximate surface area is 140 Å². The summed E-state index contributed by atoms with van der Waals surface area (Å²) < 4.78 is 6.46. The van der Waals surface area contributed by atoms with Gasteiger partial charge in [-0.3, -0.25) is 0 Å². The van der Waals surface area contributed by atoms with Gasteiger partial charge in [0.15, 0.2) is 0 Å². The van der Waals surface area contributed by atoms with E-state index >= 15 is 0 Å². The maximum Gasteiger partial charge on any atom is 0.247 e. The SMILES string of the molecule is Clc1cc(-c2nnc(C(Cl)c3ccccc3)o2)ccc1Br. The van der Waals surface area contributed by atoms with Crippen LogP contribution in [0.4, 0.5) is 0 Å². The third-order valence-corrected chi connectivity index (χ3v) is 4.59. The predicted octanol–water partition coefficient (Wildman–Crippen LogP) is 5.48. The van der Waals surface area contributed by atoms with Crippen LogP contribution in [0.15, 0.2) is 57.4 Å². The van der Waals surface area contributed by atoms with Gasteiger partial charge in [-0.2, -0.15) is 0 Å². The summed E-state index contributed by atoms with van der Waals surface area (Å²) >= 11 is 15.8. The number of hydrogen-bond donors (Lipinski definition) is 0. The molecule has 1 heterocycles. The molecule has 3 aromatic rings. The summed E-state index contributed by atoms with van der Waals surface area (Å²) in [5, 5.41) is 8.15. The summed E-state index contributed by atoms with van der Waals surface area (Å²) in [6.45, 7) is 0. The molecule has 0 bridgehead atoms. The van der Waals surface area contributed by atoms with Gasteiger partial charge in [0.05, 0.1) is 5.02 Å². The van der Waals surface area contributed by atoms with E-state index in [1.807, 2.05) is 42.5 Å². The van der Waals surface area contributed by atoms with Crippen molar-refractivity contribution in [2.24, 2.45) is 0 Å². The van der Waals surface area contributed by atoms with E-state index in [1.165, 1.54) is 0 Å². The molecule has 106 valence electrons. The van der Waals surface area contributed by atoms with Gasteiger partial charge in [0.2, 0.25) is 11.8 Å². The minimum atomic E-state index is -0.474. The molecule has 3 rings (SSSR count). The van der Waals surface area contributed by atoms with Gasteiger partial charge in [-0.05, 0) is 39.7 Å². The van der Waals surface area contributed by atoms with E-state index in [4.69, 9.17) is 27.6 Å². The molecular weight excluding hydrogens is 375 g/mol. The zero-order valence-electron chi connectivity index (χ0n) is 10.6. The Morgan fingerprint density at radius 1 is 1.05 bits per heavy atom. The highest BCUT2D eigenvalue weighted by Gasteiger charge is 2.18. The van der Waals surface area contributed by atoms with Crippen LogP contribution in [-0.4, -0.2) is 10.2 Å². The molecule has 0 N–H and O–H groups in total. The van der Waals surface area contributed by atoms with Crippen LogP contribution in [0.3, 0.4) is 0 Å². The predicted molar refractivity (Wildman–Crippen MR) is 86.6 cm³/mol. The fourth-order valence-electron chi connectivity index (χ4n) is 1.85. The zero-order valence-corrected chi connectivity index (χ0v) is 13.7. The van der Waals surface area contributed by atoms with Crippen molar-refractivity contribution in [2.45, 2.75) is 5.38 Å². The van der Waals surface area contributed by atoms with Crippen molar-refractivity contribution in [3.63, 3.8) is 0 Å². The van der Waals surface area contributed by atoms with Crippen LogP contribution in [0.2, 0.25) is 5.02 Å². The van der Waals surface area contributed by atoms with Crippen molar-refractivity contribution >= 4 is 39.1 Å². The average Bonchev–Trinajstić information content (AvgIpc) is 3.00. The Bertz CT molecular complexity index is 761. The first-order valence-corrected chi connectivity index (χ1v) is 7.74. The number of nitrogens with zero attached hydrogens (tertiary/aromatic N) is 2. The van der Waals surface area contributed by atoms with Crippen LogP contribution in [0.5, 0.6) is 0 Å². The Morgan fingerprint density at radius 3 is 2.52 bits per heavy atom. The van der Waals surface area contributed by atoms with Gasteiger partial charge >= 0.3 is 0 Å². The lowest BCUT2D eigenvalue weighted by Gasteiger charge is -2.04. The number of alkyl halides is 1. The van der Waals surface area contributed by atoms with Crippen molar-refractivity contribution in [3.8, 4) is 11.5 Å².